The molecule has 0 saturated heterocycles. The predicted molar refractivity (Wildman–Crippen MR) is 160 cm³/mol. The predicted octanol–water partition coefficient (Wildman–Crippen LogP) is 8.48. The largest absolute Gasteiger partial charge is 0.379 e. The number of allylic oxidation sites excluding steroid dienone is 9. The van der Waals surface area contributed by atoms with Crippen molar-refractivity contribution in [3.8, 4) is 11.1 Å². The summed E-state index contributed by atoms with van der Waals surface area (Å²) in [6.07, 6.45) is 20.8. The fourth-order valence-electron chi connectivity index (χ4n) is 6.99. The summed E-state index contributed by atoms with van der Waals surface area (Å²) in [6, 6.07) is 22.5. The number of hydrogen-bond acceptors (Lipinski definition) is 2. The second-order valence-corrected chi connectivity index (χ2v) is 11.4. The standard InChI is InChI=1S/C36H30N2/c1-36(2)31-13-7-5-11-27(31)30-20-25-16-18-29-28-12-6-8-14-33(28)37-22-35(29)38(34(25)21-32(30)36)26-17-15-23-9-3-4-10-24(23)19-26/h3-21,23-24,37H,22H2,1-2H3. The Balaban J connectivity index is 1.38. The van der Waals surface area contributed by atoms with E-state index in [0.29, 0.717) is 11.8 Å². The zero-order valence-corrected chi connectivity index (χ0v) is 21.8. The molecule has 3 aromatic rings. The van der Waals surface area contributed by atoms with Gasteiger partial charge in [-0.15, -0.1) is 0 Å². The summed E-state index contributed by atoms with van der Waals surface area (Å²) in [7, 11) is 0. The number of anilines is 2. The molecule has 2 atom stereocenters. The Bertz CT molecular complexity index is 1700. The van der Waals surface area contributed by atoms with E-state index in [1.54, 1.807) is 0 Å². The van der Waals surface area contributed by atoms with Crippen LogP contribution >= 0.6 is 0 Å². The Hall–Kier alpha value is -4.30. The molecular formula is C36H30N2. The molecule has 0 bridgehead atoms. The van der Waals surface area contributed by atoms with Crippen LogP contribution in [0, 0.1) is 11.8 Å². The van der Waals surface area contributed by atoms with Crippen molar-refractivity contribution < 1.29 is 0 Å². The molecule has 0 spiro atoms. The fourth-order valence-corrected chi connectivity index (χ4v) is 6.99. The lowest BCUT2D eigenvalue weighted by Crippen LogP contribution is -2.31. The number of rotatable bonds is 1. The fraction of sp³-hybridized carbons (Fsp3) is 0.167. The monoisotopic (exact) mass is 490 g/mol. The van der Waals surface area contributed by atoms with E-state index in [0.717, 1.165) is 6.54 Å². The first-order valence-corrected chi connectivity index (χ1v) is 13.7. The van der Waals surface area contributed by atoms with Gasteiger partial charge in [0, 0.05) is 39.8 Å². The quantitative estimate of drug-likeness (QED) is 0.368. The Morgan fingerprint density at radius 1 is 0.763 bits per heavy atom. The molecule has 3 aliphatic carbocycles. The summed E-state index contributed by atoms with van der Waals surface area (Å²) < 4.78 is 0. The van der Waals surface area contributed by atoms with Gasteiger partial charge in [0.1, 0.15) is 0 Å². The van der Waals surface area contributed by atoms with Gasteiger partial charge >= 0.3 is 0 Å². The second-order valence-electron chi connectivity index (χ2n) is 11.4. The third-order valence-corrected chi connectivity index (χ3v) is 8.98. The zero-order valence-electron chi connectivity index (χ0n) is 21.8. The smallest absolute Gasteiger partial charge is 0.0563 e. The van der Waals surface area contributed by atoms with E-state index in [1.165, 1.54) is 61.7 Å². The van der Waals surface area contributed by atoms with Gasteiger partial charge in [0.05, 0.1) is 17.9 Å². The highest BCUT2D eigenvalue weighted by molar-refractivity contribution is 5.97. The molecule has 5 aliphatic rings. The van der Waals surface area contributed by atoms with Crippen molar-refractivity contribution in [1.29, 1.82) is 0 Å². The number of benzene rings is 3. The first-order chi connectivity index (χ1) is 18.6. The van der Waals surface area contributed by atoms with Crippen LogP contribution in [0.3, 0.4) is 0 Å². The third-order valence-electron chi connectivity index (χ3n) is 8.98. The molecule has 0 saturated carbocycles. The van der Waals surface area contributed by atoms with Crippen molar-refractivity contribution in [3.05, 3.63) is 143 Å². The minimum atomic E-state index is -0.0456. The first-order valence-electron chi connectivity index (χ1n) is 13.7. The second kappa shape index (κ2) is 7.85. The van der Waals surface area contributed by atoms with E-state index < -0.39 is 0 Å². The number of para-hydroxylation sites is 1. The summed E-state index contributed by atoms with van der Waals surface area (Å²) in [4.78, 5) is 2.53. The maximum atomic E-state index is 3.72. The van der Waals surface area contributed by atoms with Crippen molar-refractivity contribution in [3.63, 3.8) is 0 Å². The number of nitrogens with one attached hydrogen (secondary N) is 1. The van der Waals surface area contributed by atoms with Crippen LogP contribution in [0.25, 0.3) is 22.8 Å². The van der Waals surface area contributed by atoms with E-state index in [-0.39, 0.29) is 5.41 Å². The van der Waals surface area contributed by atoms with E-state index in [1.807, 2.05) is 0 Å². The Morgan fingerprint density at radius 2 is 1.55 bits per heavy atom. The lowest BCUT2D eigenvalue weighted by atomic mass is 9.81. The van der Waals surface area contributed by atoms with Crippen LogP contribution in [0.2, 0.25) is 0 Å². The SMILES string of the molecule is CC1(C)c2ccccc2-c2cc3c(cc21)N(C1=CC2C=CC=CC2C=C1)C1=C(C=C3)c2ccccc2NC1. The lowest BCUT2D eigenvalue weighted by molar-refractivity contribution is 0.651. The first kappa shape index (κ1) is 21.8. The molecule has 38 heavy (non-hydrogen) atoms. The van der Waals surface area contributed by atoms with E-state index in [2.05, 4.69) is 139 Å². The highest BCUT2D eigenvalue weighted by Gasteiger charge is 2.38. The maximum absolute atomic E-state index is 3.72. The topological polar surface area (TPSA) is 15.3 Å². The van der Waals surface area contributed by atoms with Crippen LogP contribution in [-0.4, -0.2) is 6.54 Å². The van der Waals surface area contributed by atoms with Crippen molar-refractivity contribution in [1.82, 2.24) is 0 Å². The number of fused-ring (bicyclic) bond motifs is 7. The van der Waals surface area contributed by atoms with E-state index >= 15 is 0 Å². The highest BCUT2D eigenvalue weighted by atomic mass is 15.2. The molecule has 8 rings (SSSR count). The third kappa shape index (κ3) is 3.01. The maximum Gasteiger partial charge on any atom is 0.0563 e. The molecule has 1 N–H and O–H groups in total. The summed E-state index contributed by atoms with van der Waals surface area (Å²) in [6.45, 7) is 5.52. The minimum Gasteiger partial charge on any atom is -0.379 e. The summed E-state index contributed by atoms with van der Waals surface area (Å²) in [5.41, 5.74) is 14.3. The molecule has 2 unspecified atom stereocenters. The molecule has 2 heterocycles. The van der Waals surface area contributed by atoms with Crippen LogP contribution in [0.4, 0.5) is 11.4 Å². The van der Waals surface area contributed by atoms with E-state index in [4.69, 9.17) is 0 Å². The van der Waals surface area contributed by atoms with Gasteiger partial charge in [-0.1, -0.05) is 105 Å². The van der Waals surface area contributed by atoms with Crippen molar-refractivity contribution in [2.45, 2.75) is 19.3 Å². The summed E-state index contributed by atoms with van der Waals surface area (Å²) in [5.74, 6) is 0.808. The molecule has 0 amide bonds. The van der Waals surface area contributed by atoms with Crippen LogP contribution < -0.4 is 10.2 Å². The highest BCUT2D eigenvalue weighted by Crippen LogP contribution is 2.52. The molecule has 0 aromatic heterocycles. The van der Waals surface area contributed by atoms with Gasteiger partial charge < -0.3 is 10.2 Å². The van der Waals surface area contributed by atoms with Gasteiger partial charge in [-0.05, 0) is 52.1 Å². The summed E-state index contributed by atoms with van der Waals surface area (Å²) in [5, 5.41) is 3.72. The Morgan fingerprint density at radius 3 is 2.45 bits per heavy atom. The van der Waals surface area contributed by atoms with Gasteiger partial charge in [-0.25, -0.2) is 0 Å². The molecule has 2 nitrogen and oxygen atoms in total. The van der Waals surface area contributed by atoms with Crippen LogP contribution in [0.5, 0.6) is 0 Å². The molecular weight excluding hydrogens is 460 g/mol. The van der Waals surface area contributed by atoms with Crippen molar-refractivity contribution in [2.24, 2.45) is 11.8 Å². The normalized spacial score (nSPS) is 22.9. The van der Waals surface area contributed by atoms with Gasteiger partial charge in [0.25, 0.3) is 0 Å². The molecule has 0 radical (unpaired) electrons. The van der Waals surface area contributed by atoms with Crippen LogP contribution in [0.1, 0.15) is 36.1 Å². The molecule has 184 valence electrons. The average molecular weight is 491 g/mol. The number of nitrogens with zero attached hydrogens (tertiary/aromatic N) is 1. The van der Waals surface area contributed by atoms with Crippen molar-refractivity contribution in [2.75, 3.05) is 16.8 Å². The van der Waals surface area contributed by atoms with Gasteiger partial charge in [0.15, 0.2) is 0 Å². The van der Waals surface area contributed by atoms with Crippen LogP contribution in [0.15, 0.2) is 121 Å². The lowest BCUT2D eigenvalue weighted by Gasteiger charge is -2.36. The molecule has 0 fully saturated rings. The molecule has 2 aliphatic heterocycles. The van der Waals surface area contributed by atoms with Gasteiger partial charge in [-0.2, -0.15) is 0 Å². The summed E-state index contributed by atoms with van der Waals surface area (Å²) >= 11 is 0. The minimum absolute atomic E-state index is 0.0456. The molecule has 2 heteroatoms. The van der Waals surface area contributed by atoms with Crippen LogP contribution in [-0.2, 0) is 5.41 Å². The average Bonchev–Trinajstić information content (AvgIpc) is 3.07. The zero-order chi connectivity index (χ0) is 25.4. The molecule has 3 aromatic carbocycles. The van der Waals surface area contributed by atoms with E-state index in [9.17, 15) is 0 Å². The number of hydrogen-bond donors (Lipinski definition) is 1. The van der Waals surface area contributed by atoms with Gasteiger partial charge in [0.2, 0.25) is 0 Å². The van der Waals surface area contributed by atoms with Crippen molar-refractivity contribution >= 4 is 23.0 Å². The Kier molecular flexibility index (Phi) is 4.49. The Labute approximate surface area is 224 Å². The van der Waals surface area contributed by atoms with Gasteiger partial charge in [-0.3, -0.25) is 0 Å².